The van der Waals surface area contributed by atoms with E-state index in [2.05, 4.69) is 0 Å². The number of hydrogen-bond acceptors (Lipinski definition) is 6. The van der Waals surface area contributed by atoms with Gasteiger partial charge >= 0.3 is 11.9 Å². The number of rotatable bonds is 4. The zero-order valence-corrected chi connectivity index (χ0v) is 21.2. The molecule has 0 aliphatic heterocycles. The smallest absolute Gasteiger partial charge is 0.338 e. The topological polar surface area (TPSA) is 93.1 Å². The van der Waals surface area contributed by atoms with Crippen LogP contribution in [0.4, 0.5) is 0 Å². The minimum Gasteiger partial charge on any atom is -0.452 e. The van der Waals surface area contributed by atoms with Crippen molar-refractivity contribution in [1.29, 1.82) is 0 Å². The van der Waals surface area contributed by atoms with Crippen LogP contribution >= 0.6 is 0 Å². The minimum atomic E-state index is -1.55. The normalized spacial score (nSPS) is 20.4. The number of hydrogen-bond donors (Lipinski definition) is 2. The van der Waals surface area contributed by atoms with E-state index in [9.17, 15) is 19.8 Å². The van der Waals surface area contributed by atoms with E-state index in [0.29, 0.717) is 16.7 Å². The maximum atomic E-state index is 13.3. The van der Waals surface area contributed by atoms with Crippen molar-refractivity contribution in [3.8, 4) is 0 Å². The lowest BCUT2D eigenvalue weighted by atomic mass is 9.78. The largest absolute Gasteiger partial charge is 0.452 e. The molecule has 0 radical (unpaired) electrons. The second-order valence-electron chi connectivity index (χ2n) is 10.1. The molecule has 0 fully saturated rings. The van der Waals surface area contributed by atoms with E-state index in [4.69, 9.17) is 9.47 Å². The van der Waals surface area contributed by atoms with Gasteiger partial charge in [0.25, 0.3) is 0 Å². The monoisotopic (exact) mass is 528 g/mol. The van der Waals surface area contributed by atoms with Crippen molar-refractivity contribution in [2.75, 3.05) is 0 Å². The molecule has 0 aromatic heterocycles. The lowest BCUT2D eigenvalue weighted by molar-refractivity contribution is -0.128. The summed E-state index contributed by atoms with van der Waals surface area (Å²) < 4.78 is 11.8. The Morgan fingerprint density at radius 2 is 1.18 bits per heavy atom. The van der Waals surface area contributed by atoms with E-state index >= 15 is 0 Å². The molecule has 6 heteroatoms. The van der Waals surface area contributed by atoms with Crippen LogP contribution in [0.3, 0.4) is 0 Å². The Hall–Kier alpha value is -4.78. The summed E-state index contributed by atoms with van der Waals surface area (Å²) in [5.41, 5.74) is 1.53. The highest BCUT2D eigenvalue weighted by atomic mass is 16.6. The van der Waals surface area contributed by atoms with Gasteiger partial charge in [-0.15, -0.1) is 0 Å². The number of carbonyl (C=O) groups is 2. The van der Waals surface area contributed by atoms with Crippen LogP contribution in [0.25, 0.3) is 32.3 Å². The van der Waals surface area contributed by atoms with Crippen molar-refractivity contribution in [3.63, 3.8) is 0 Å². The molecule has 0 bridgehead atoms. The third-order valence-electron chi connectivity index (χ3n) is 7.78. The van der Waals surface area contributed by atoms with Gasteiger partial charge in [-0.2, -0.15) is 0 Å². The van der Waals surface area contributed by atoms with Crippen molar-refractivity contribution < 1.29 is 29.3 Å². The maximum absolute atomic E-state index is 13.3. The fraction of sp³-hybridized carbons (Fsp3) is 0.118. The zero-order chi connectivity index (χ0) is 27.4. The summed E-state index contributed by atoms with van der Waals surface area (Å²) >= 11 is 0. The number of aliphatic hydroxyl groups is 2. The standard InChI is InChI=1S/C34H24O6/c35-29-28-24-17-16-20-13-7-12-19-14-15-23(27(24)26(19)20)18-25(28)31(39-33(37)21-8-3-1-4-9-21)32(30(29)36)40-34(38)22-10-5-2-6-11-22/h1-18,29-32,35-36H/t29-,30-,31+,32+/m0/s1. The molecule has 196 valence electrons. The van der Waals surface area contributed by atoms with Crippen LogP contribution in [-0.2, 0) is 9.47 Å². The van der Waals surface area contributed by atoms with Gasteiger partial charge in [0.15, 0.2) is 12.2 Å². The van der Waals surface area contributed by atoms with Crippen LogP contribution in [0.5, 0.6) is 0 Å². The van der Waals surface area contributed by atoms with Gasteiger partial charge in [-0.05, 0) is 68.2 Å². The Bertz CT molecular complexity index is 1870. The molecule has 7 rings (SSSR count). The number of ether oxygens (including phenoxy) is 2. The van der Waals surface area contributed by atoms with E-state index in [1.54, 1.807) is 60.7 Å². The Morgan fingerprint density at radius 3 is 1.82 bits per heavy atom. The van der Waals surface area contributed by atoms with Gasteiger partial charge in [0.2, 0.25) is 0 Å². The first-order valence-electron chi connectivity index (χ1n) is 13.1. The van der Waals surface area contributed by atoms with Crippen molar-refractivity contribution in [1.82, 2.24) is 0 Å². The summed E-state index contributed by atoms with van der Waals surface area (Å²) in [6, 6.07) is 32.7. The van der Waals surface area contributed by atoms with Crippen molar-refractivity contribution in [2.24, 2.45) is 0 Å². The second-order valence-corrected chi connectivity index (χ2v) is 10.1. The molecule has 0 unspecified atom stereocenters. The molecule has 6 aromatic carbocycles. The number of benzene rings is 6. The fourth-order valence-electron chi connectivity index (χ4n) is 5.91. The Kier molecular flexibility index (Phi) is 5.73. The molecule has 4 atom stereocenters. The molecule has 0 heterocycles. The number of fused-ring (bicyclic) bond motifs is 2. The third-order valence-corrected chi connectivity index (χ3v) is 7.78. The number of aliphatic hydroxyl groups excluding tert-OH is 2. The highest BCUT2D eigenvalue weighted by Gasteiger charge is 2.47. The molecular formula is C34H24O6. The third kappa shape index (κ3) is 3.80. The van der Waals surface area contributed by atoms with Gasteiger partial charge in [0, 0.05) is 5.56 Å². The van der Waals surface area contributed by atoms with Crippen molar-refractivity contribution in [3.05, 3.63) is 131 Å². The number of carbonyl (C=O) groups excluding carboxylic acids is 2. The SMILES string of the molecule is O=C(O[C@@H]1[C@@H](O)[C@@H](O)c2c(cc3ccc4cccc5ccc2c3c45)[C@H]1OC(=O)c1ccccc1)c1ccccc1. The Balaban J connectivity index is 1.42. The quantitative estimate of drug-likeness (QED) is 0.212. The summed E-state index contributed by atoms with van der Waals surface area (Å²) in [6.45, 7) is 0. The van der Waals surface area contributed by atoms with E-state index in [0.717, 1.165) is 32.3 Å². The van der Waals surface area contributed by atoms with E-state index in [-0.39, 0.29) is 5.56 Å². The average molecular weight is 529 g/mol. The second kappa shape index (κ2) is 9.45. The van der Waals surface area contributed by atoms with Gasteiger partial charge in [-0.1, -0.05) is 78.9 Å². The lowest BCUT2D eigenvalue weighted by Crippen LogP contribution is -2.46. The predicted octanol–water partition coefficient (Wildman–Crippen LogP) is 6.12. The van der Waals surface area contributed by atoms with Crippen LogP contribution in [0.2, 0.25) is 0 Å². The summed E-state index contributed by atoms with van der Waals surface area (Å²) in [5, 5.41) is 28.7. The molecular weight excluding hydrogens is 504 g/mol. The molecule has 40 heavy (non-hydrogen) atoms. The van der Waals surface area contributed by atoms with Crippen LogP contribution < -0.4 is 0 Å². The van der Waals surface area contributed by atoms with Crippen LogP contribution in [0, 0.1) is 0 Å². The Morgan fingerprint density at radius 1 is 0.600 bits per heavy atom. The van der Waals surface area contributed by atoms with Gasteiger partial charge in [-0.25, -0.2) is 9.59 Å². The average Bonchev–Trinajstić information content (AvgIpc) is 3.00. The molecule has 0 spiro atoms. The van der Waals surface area contributed by atoms with Gasteiger partial charge in [0.05, 0.1) is 11.1 Å². The van der Waals surface area contributed by atoms with Crippen LogP contribution in [0.15, 0.2) is 109 Å². The molecule has 6 nitrogen and oxygen atoms in total. The first kappa shape index (κ1) is 24.3. The molecule has 1 aliphatic carbocycles. The van der Waals surface area contributed by atoms with Crippen LogP contribution in [-0.4, -0.2) is 34.4 Å². The molecule has 0 amide bonds. The summed E-state index contributed by atoms with van der Waals surface area (Å²) in [5.74, 6) is -1.33. The van der Waals surface area contributed by atoms with E-state index in [1.165, 1.54) is 0 Å². The van der Waals surface area contributed by atoms with Gasteiger partial charge in [-0.3, -0.25) is 0 Å². The van der Waals surface area contributed by atoms with E-state index in [1.807, 2.05) is 48.5 Å². The number of esters is 2. The summed E-state index contributed by atoms with van der Waals surface area (Å²) in [7, 11) is 0. The Labute approximate surface area is 229 Å². The van der Waals surface area contributed by atoms with Crippen molar-refractivity contribution >= 4 is 44.3 Å². The summed E-state index contributed by atoms with van der Waals surface area (Å²) in [4.78, 5) is 26.4. The molecule has 2 N–H and O–H groups in total. The lowest BCUT2D eigenvalue weighted by Gasteiger charge is -2.39. The molecule has 1 aliphatic rings. The maximum Gasteiger partial charge on any atom is 0.338 e. The zero-order valence-electron chi connectivity index (χ0n) is 21.2. The molecule has 0 saturated heterocycles. The summed E-state index contributed by atoms with van der Waals surface area (Å²) in [6.07, 6.45) is -5.46. The van der Waals surface area contributed by atoms with E-state index < -0.39 is 36.4 Å². The van der Waals surface area contributed by atoms with Crippen LogP contribution in [0.1, 0.15) is 44.1 Å². The predicted molar refractivity (Wildman–Crippen MR) is 151 cm³/mol. The first-order chi connectivity index (χ1) is 19.5. The minimum absolute atomic E-state index is 0.277. The van der Waals surface area contributed by atoms with Gasteiger partial charge in [0.1, 0.15) is 12.2 Å². The molecule has 0 saturated carbocycles. The molecule has 6 aromatic rings. The first-order valence-corrected chi connectivity index (χ1v) is 13.1. The highest BCUT2D eigenvalue weighted by molar-refractivity contribution is 6.24. The fourth-order valence-corrected chi connectivity index (χ4v) is 5.91. The highest BCUT2D eigenvalue weighted by Crippen LogP contribution is 2.47. The van der Waals surface area contributed by atoms with Gasteiger partial charge < -0.3 is 19.7 Å². The van der Waals surface area contributed by atoms with Crippen molar-refractivity contribution in [2.45, 2.75) is 24.4 Å².